The number of amides is 1. The Morgan fingerprint density at radius 1 is 1.12 bits per heavy atom. The maximum Gasteiger partial charge on any atom is 0.410 e. The summed E-state index contributed by atoms with van der Waals surface area (Å²) < 4.78 is 16.4. The molecule has 0 radical (unpaired) electrons. The van der Waals surface area contributed by atoms with E-state index in [1.165, 1.54) is 0 Å². The summed E-state index contributed by atoms with van der Waals surface area (Å²) in [6.07, 6.45) is 0.996. The van der Waals surface area contributed by atoms with E-state index in [0.29, 0.717) is 25.9 Å². The van der Waals surface area contributed by atoms with E-state index >= 15 is 0 Å². The lowest BCUT2D eigenvalue weighted by Gasteiger charge is -2.40. The average Bonchev–Trinajstić information content (AvgIpc) is 2.59. The lowest BCUT2D eigenvalue weighted by molar-refractivity contribution is -0.164. The molecule has 1 aromatic carbocycles. The Kier molecular flexibility index (Phi) is 6.64. The van der Waals surface area contributed by atoms with Gasteiger partial charge in [0, 0.05) is 20.2 Å². The summed E-state index contributed by atoms with van der Waals surface area (Å²) in [5, 5.41) is 0. The second-order valence-corrected chi connectivity index (χ2v) is 7.68. The van der Waals surface area contributed by atoms with Crippen molar-refractivity contribution in [1.82, 2.24) is 4.90 Å². The SMILES string of the molecule is COC1(CC(=O)OC(C)(C)C)CCN(C(=O)OCc2ccccc2)CC1. The van der Waals surface area contributed by atoms with Crippen molar-refractivity contribution in [3.63, 3.8) is 0 Å². The topological polar surface area (TPSA) is 65.1 Å². The Bertz CT molecular complexity index is 600. The smallest absolute Gasteiger partial charge is 0.410 e. The maximum absolute atomic E-state index is 12.3. The number of rotatable bonds is 5. The molecule has 1 fully saturated rings. The number of methoxy groups -OCH3 is 1. The molecule has 0 aromatic heterocycles. The monoisotopic (exact) mass is 363 g/mol. The van der Waals surface area contributed by atoms with Crippen LogP contribution in [0.15, 0.2) is 30.3 Å². The number of hydrogen-bond donors (Lipinski definition) is 0. The molecule has 0 saturated carbocycles. The third-order valence-electron chi connectivity index (χ3n) is 4.46. The first-order chi connectivity index (χ1) is 12.2. The van der Waals surface area contributed by atoms with Crippen molar-refractivity contribution < 1.29 is 23.8 Å². The minimum Gasteiger partial charge on any atom is -0.460 e. The zero-order valence-electron chi connectivity index (χ0n) is 16.1. The van der Waals surface area contributed by atoms with E-state index in [1.54, 1.807) is 12.0 Å². The number of nitrogens with zero attached hydrogens (tertiary/aromatic N) is 1. The third-order valence-corrected chi connectivity index (χ3v) is 4.46. The minimum absolute atomic E-state index is 0.188. The number of ether oxygens (including phenoxy) is 3. The summed E-state index contributed by atoms with van der Waals surface area (Å²) >= 11 is 0. The van der Waals surface area contributed by atoms with Crippen LogP contribution in [0.3, 0.4) is 0 Å². The molecule has 1 amide bonds. The number of esters is 1. The number of hydrogen-bond acceptors (Lipinski definition) is 5. The van der Waals surface area contributed by atoms with Gasteiger partial charge in [0.15, 0.2) is 0 Å². The molecule has 1 aromatic rings. The van der Waals surface area contributed by atoms with E-state index in [4.69, 9.17) is 14.2 Å². The van der Waals surface area contributed by atoms with E-state index in [2.05, 4.69) is 0 Å². The summed E-state index contributed by atoms with van der Waals surface area (Å²) in [5.41, 5.74) is -0.152. The van der Waals surface area contributed by atoms with Crippen molar-refractivity contribution in [3.8, 4) is 0 Å². The summed E-state index contributed by atoms with van der Waals surface area (Å²) in [5.74, 6) is -0.278. The van der Waals surface area contributed by atoms with Crippen LogP contribution in [0, 0.1) is 0 Å². The van der Waals surface area contributed by atoms with Gasteiger partial charge in [0.1, 0.15) is 12.2 Å². The summed E-state index contributed by atoms with van der Waals surface area (Å²) in [4.78, 5) is 26.1. The van der Waals surface area contributed by atoms with Crippen molar-refractivity contribution in [2.45, 2.75) is 57.8 Å². The van der Waals surface area contributed by atoms with E-state index in [0.717, 1.165) is 5.56 Å². The van der Waals surface area contributed by atoms with Gasteiger partial charge in [-0.1, -0.05) is 30.3 Å². The third kappa shape index (κ3) is 6.02. The van der Waals surface area contributed by atoms with Gasteiger partial charge in [0.25, 0.3) is 0 Å². The lowest BCUT2D eigenvalue weighted by atomic mass is 9.88. The molecule has 1 saturated heterocycles. The van der Waals surface area contributed by atoms with Crippen LogP contribution in [-0.2, 0) is 25.6 Å². The number of carbonyl (C=O) groups excluding carboxylic acids is 2. The van der Waals surface area contributed by atoms with Gasteiger partial charge in [-0.05, 0) is 39.2 Å². The number of piperidine rings is 1. The largest absolute Gasteiger partial charge is 0.460 e. The molecule has 0 bridgehead atoms. The molecule has 26 heavy (non-hydrogen) atoms. The van der Waals surface area contributed by atoms with Crippen LogP contribution < -0.4 is 0 Å². The molecule has 1 heterocycles. The van der Waals surface area contributed by atoms with Crippen LogP contribution in [0.4, 0.5) is 4.79 Å². The highest BCUT2D eigenvalue weighted by Crippen LogP contribution is 2.30. The van der Waals surface area contributed by atoms with Gasteiger partial charge in [0.2, 0.25) is 0 Å². The van der Waals surface area contributed by atoms with E-state index in [-0.39, 0.29) is 25.1 Å². The van der Waals surface area contributed by atoms with Crippen molar-refractivity contribution in [2.75, 3.05) is 20.2 Å². The number of carbonyl (C=O) groups is 2. The molecule has 0 aliphatic carbocycles. The fourth-order valence-electron chi connectivity index (χ4n) is 3.00. The van der Waals surface area contributed by atoms with Crippen LogP contribution in [0.1, 0.15) is 45.6 Å². The fourth-order valence-corrected chi connectivity index (χ4v) is 3.00. The van der Waals surface area contributed by atoms with Crippen LogP contribution in [-0.4, -0.2) is 48.4 Å². The van der Waals surface area contributed by atoms with Crippen LogP contribution in [0.5, 0.6) is 0 Å². The lowest BCUT2D eigenvalue weighted by Crippen LogP contribution is -2.49. The van der Waals surface area contributed by atoms with E-state index in [9.17, 15) is 9.59 Å². The van der Waals surface area contributed by atoms with Crippen LogP contribution in [0.2, 0.25) is 0 Å². The molecule has 6 heteroatoms. The van der Waals surface area contributed by atoms with Gasteiger partial charge in [-0.25, -0.2) is 4.79 Å². The molecule has 1 aliphatic rings. The quantitative estimate of drug-likeness (QED) is 0.749. The molecule has 6 nitrogen and oxygen atoms in total. The summed E-state index contributed by atoms with van der Waals surface area (Å²) in [7, 11) is 1.60. The summed E-state index contributed by atoms with van der Waals surface area (Å²) in [6.45, 7) is 6.76. The highest BCUT2D eigenvalue weighted by molar-refractivity contribution is 5.71. The minimum atomic E-state index is -0.585. The predicted molar refractivity (Wildman–Crippen MR) is 97.6 cm³/mol. The molecule has 144 valence electrons. The molecular formula is C20H29NO5. The molecule has 0 atom stereocenters. The Labute approximate surface area is 155 Å². The van der Waals surface area contributed by atoms with E-state index in [1.807, 2.05) is 51.1 Å². The van der Waals surface area contributed by atoms with Gasteiger partial charge in [-0.3, -0.25) is 4.79 Å². The molecule has 0 spiro atoms. The number of benzene rings is 1. The van der Waals surface area contributed by atoms with Gasteiger partial charge in [-0.2, -0.15) is 0 Å². The normalized spacial score (nSPS) is 16.8. The van der Waals surface area contributed by atoms with Crippen LogP contribution >= 0.6 is 0 Å². The van der Waals surface area contributed by atoms with Gasteiger partial charge < -0.3 is 19.1 Å². The van der Waals surface area contributed by atoms with Gasteiger partial charge in [-0.15, -0.1) is 0 Å². The van der Waals surface area contributed by atoms with Gasteiger partial charge >= 0.3 is 12.1 Å². The standard InChI is InChI=1S/C20H29NO5/c1-19(2,3)26-17(22)14-20(24-4)10-12-21(13-11-20)18(23)25-15-16-8-6-5-7-9-16/h5-9H,10-15H2,1-4H3. The Hall–Kier alpha value is -2.08. The fraction of sp³-hybridized carbons (Fsp3) is 0.600. The molecule has 2 rings (SSSR count). The maximum atomic E-state index is 12.3. The Morgan fingerprint density at radius 2 is 1.73 bits per heavy atom. The Balaban J connectivity index is 1.83. The second kappa shape index (κ2) is 8.54. The average molecular weight is 363 g/mol. The van der Waals surface area contributed by atoms with Crippen molar-refractivity contribution in [2.24, 2.45) is 0 Å². The first kappa shape index (κ1) is 20.2. The zero-order valence-corrected chi connectivity index (χ0v) is 16.1. The zero-order chi connectivity index (χ0) is 19.2. The first-order valence-electron chi connectivity index (χ1n) is 8.96. The van der Waals surface area contributed by atoms with Crippen molar-refractivity contribution in [3.05, 3.63) is 35.9 Å². The van der Waals surface area contributed by atoms with Gasteiger partial charge in [0.05, 0.1) is 12.0 Å². The highest BCUT2D eigenvalue weighted by Gasteiger charge is 2.39. The van der Waals surface area contributed by atoms with Crippen molar-refractivity contribution >= 4 is 12.1 Å². The first-order valence-corrected chi connectivity index (χ1v) is 8.96. The molecule has 1 aliphatic heterocycles. The second-order valence-electron chi connectivity index (χ2n) is 7.68. The predicted octanol–water partition coefficient (Wildman–Crippen LogP) is 3.54. The van der Waals surface area contributed by atoms with Crippen molar-refractivity contribution in [1.29, 1.82) is 0 Å². The number of likely N-dealkylation sites (tertiary alicyclic amines) is 1. The molecule has 0 unspecified atom stereocenters. The van der Waals surface area contributed by atoms with Crippen LogP contribution in [0.25, 0.3) is 0 Å². The molecule has 0 N–H and O–H groups in total. The highest BCUT2D eigenvalue weighted by atomic mass is 16.6. The molecular weight excluding hydrogens is 334 g/mol. The van der Waals surface area contributed by atoms with E-state index < -0.39 is 11.2 Å². The summed E-state index contributed by atoms with van der Waals surface area (Å²) in [6, 6.07) is 9.58. The Morgan fingerprint density at radius 3 is 2.27 bits per heavy atom.